The number of carbonyl (C=O) groups excluding carboxylic acids is 6. The lowest BCUT2D eigenvalue weighted by Gasteiger charge is -2.20. The van der Waals surface area contributed by atoms with E-state index in [2.05, 4.69) is 21.3 Å². The highest BCUT2D eigenvalue weighted by molar-refractivity contribution is 8.76. The second-order valence-electron chi connectivity index (χ2n) is 9.18. The first kappa shape index (κ1) is 36.2. The van der Waals surface area contributed by atoms with Crippen molar-refractivity contribution >= 4 is 57.2 Å². The van der Waals surface area contributed by atoms with Gasteiger partial charge in [0, 0.05) is 11.5 Å². The average Bonchev–Trinajstić information content (AvgIpc) is 3.00. The van der Waals surface area contributed by atoms with Crippen LogP contribution < -0.4 is 21.3 Å². The summed E-state index contributed by atoms with van der Waals surface area (Å²) in [5.41, 5.74) is 1.53. The highest BCUT2D eigenvalue weighted by Crippen LogP contribution is 2.23. The topological polar surface area (TPSA) is 169 Å². The molecule has 2 aromatic rings. The van der Waals surface area contributed by atoms with E-state index in [4.69, 9.17) is 9.47 Å². The number of benzene rings is 2. The number of nitrogens with one attached hydrogen (secondary N) is 4. The summed E-state index contributed by atoms with van der Waals surface area (Å²) in [6.45, 7) is 2.91. The second-order valence-corrected chi connectivity index (χ2v) is 11.7. The first-order valence-corrected chi connectivity index (χ1v) is 16.5. The Balaban J connectivity index is 2.01. The van der Waals surface area contributed by atoms with Crippen LogP contribution in [0, 0.1) is 0 Å². The zero-order valence-corrected chi connectivity index (χ0v) is 26.3. The summed E-state index contributed by atoms with van der Waals surface area (Å²) in [6, 6.07) is 16.0. The van der Waals surface area contributed by atoms with Gasteiger partial charge in [-0.05, 0) is 25.0 Å². The molecule has 0 spiro atoms. The summed E-state index contributed by atoms with van der Waals surface area (Å²) in [4.78, 5) is 74.6. The summed E-state index contributed by atoms with van der Waals surface area (Å²) >= 11 is 0. The molecule has 0 bridgehead atoms. The smallest absolute Gasteiger partial charge is 0.325 e. The van der Waals surface area contributed by atoms with Crippen LogP contribution in [0.15, 0.2) is 60.7 Å². The third kappa shape index (κ3) is 14.9. The summed E-state index contributed by atoms with van der Waals surface area (Å²) in [5.74, 6) is -2.96. The number of amides is 4. The Labute approximate surface area is 264 Å². The fourth-order valence-electron chi connectivity index (χ4n) is 3.64. The molecule has 2 rings (SSSR count). The van der Waals surface area contributed by atoms with E-state index in [0.717, 1.165) is 11.1 Å². The molecule has 0 radical (unpaired) electrons. The van der Waals surface area contributed by atoms with Crippen molar-refractivity contribution in [2.75, 3.05) is 37.8 Å². The number of rotatable bonds is 19. The Bertz CT molecular complexity index is 1140. The van der Waals surface area contributed by atoms with Crippen molar-refractivity contribution < 1.29 is 38.2 Å². The summed E-state index contributed by atoms with van der Waals surface area (Å²) in [6.07, 6.45) is 0.104. The van der Waals surface area contributed by atoms with Crippen molar-refractivity contribution in [3.63, 3.8) is 0 Å². The van der Waals surface area contributed by atoms with Gasteiger partial charge in [0.05, 0.1) is 26.1 Å². The van der Waals surface area contributed by atoms with Crippen molar-refractivity contribution in [1.82, 2.24) is 21.3 Å². The number of carbonyl (C=O) groups is 6. The maximum absolute atomic E-state index is 12.9. The number of ether oxygens (including phenoxy) is 2. The molecule has 12 nitrogen and oxygen atoms in total. The van der Waals surface area contributed by atoms with Crippen molar-refractivity contribution in [2.45, 2.75) is 38.8 Å². The van der Waals surface area contributed by atoms with Crippen LogP contribution in [0.4, 0.5) is 0 Å². The van der Waals surface area contributed by atoms with E-state index in [9.17, 15) is 28.8 Å². The molecule has 0 aliphatic rings. The van der Waals surface area contributed by atoms with Gasteiger partial charge in [0.25, 0.3) is 0 Å². The minimum atomic E-state index is -0.998. The third-order valence-corrected chi connectivity index (χ3v) is 8.12. The normalized spacial score (nSPS) is 11.8. The van der Waals surface area contributed by atoms with Crippen LogP contribution in [-0.2, 0) is 51.1 Å². The first-order valence-electron chi connectivity index (χ1n) is 14.0. The molecule has 0 saturated carbocycles. The maximum atomic E-state index is 12.9. The molecule has 2 aromatic carbocycles. The van der Waals surface area contributed by atoms with E-state index in [1.807, 2.05) is 12.1 Å². The monoisotopic (exact) mass is 646 g/mol. The molecule has 0 saturated heterocycles. The van der Waals surface area contributed by atoms with Crippen LogP contribution in [0.2, 0.25) is 0 Å². The largest absolute Gasteiger partial charge is 0.465 e. The molecule has 2 atom stereocenters. The molecule has 4 amide bonds. The van der Waals surface area contributed by atoms with Crippen LogP contribution in [0.1, 0.15) is 25.0 Å². The van der Waals surface area contributed by atoms with Crippen LogP contribution in [0.5, 0.6) is 0 Å². The Morgan fingerprint density at radius 3 is 1.32 bits per heavy atom. The summed E-state index contributed by atoms with van der Waals surface area (Å²) in [5, 5.41) is 10.3. The Morgan fingerprint density at radius 1 is 0.614 bits per heavy atom. The Kier molecular flexibility index (Phi) is 17.1. The van der Waals surface area contributed by atoms with Crippen LogP contribution in [0.3, 0.4) is 0 Å². The number of esters is 2. The fraction of sp³-hybridized carbons (Fsp3) is 0.400. The lowest BCUT2D eigenvalue weighted by molar-refractivity contribution is -0.144. The average molecular weight is 647 g/mol. The molecule has 0 fully saturated rings. The minimum Gasteiger partial charge on any atom is -0.465 e. The van der Waals surface area contributed by atoms with Gasteiger partial charge < -0.3 is 30.7 Å². The van der Waals surface area contributed by atoms with Crippen LogP contribution >= 0.6 is 21.6 Å². The van der Waals surface area contributed by atoms with Crippen LogP contribution in [0.25, 0.3) is 0 Å². The van der Waals surface area contributed by atoms with Gasteiger partial charge >= 0.3 is 11.9 Å². The third-order valence-electron chi connectivity index (χ3n) is 5.70. The van der Waals surface area contributed by atoms with Gasteiger partial charge in [-0.3, -0.25) is 28.8 Å². The van der Waals surface area contributed by atoms with Gasteiger partial charge in [-0.15, -0.1) is 0 Å². The van der Waals surface area contributed by atoms with E-state index in [1.54, 1.807) is 62.4 Å². The SMILES string of the molecule is CCOC(=O)CNC(=O)[C@H](CSSC[C@H](NC(=O)Cc1ccccc1)C(=O)NCC(=O)OCC)NC(=O)Cc1ccccc1. The Hall–Kier alpha value is -4.04. The molecule has 0 unspecified atom stereocenters. The predicted octanol–water partition coefficient (Wildman–Crippen LogP) is 1.18. The van der Waals surface area contributed by atoms with Gasteiger partial charge in [0.15, 0.2) is 0 Å². The lowest BCUT2D eigenvalue weighted by atomic mass is 10.1. The number of hydrogen-bond acceptors (Lipinski definition) is 10. The zero-order chi connectivity index (χ0) is 32.2. The summed E-state index contributed by atoms with van der Waals surface area (Å²) < 4.78 is 9.69. The standard InChI is InChI=1S/C30H38N4O8S2/c1-3-41-27(37)17-31-29(39)23(33-25(35)15-21-11-7-5-8-12-21)19-43-44-20-24(30(40)32-18-28(38)42-4-2)34-26(36)16-22-13-9-6-10-14-22/h5-14,23-24H,3-4,15-20H2,1-2H3,(H,31,39)(H,32,40)(H,33,35)(H,34,36)/t23-,24-/m0/s1. The first-order chi connectivity index (χ1) is 21.2. The molecule has 238 valence electrons. The number of hydrogen-bond donors (Lipinski definition) is 4. The molecule has 4 N–H and O–H groups in total. The van der Waals surface area contributed by atoms with Crippen LogP contribution in [-0.4, -0.2) is 85.5 Å². The van der Waals surface area contributed by atoms with E-state index in [1.165, 1.54) is 21.6 Å². The molecular weight excluding hydrogens is 608 g/mol. The molecule has 0 aliphatic heterocycles. The molecule has 44 heavy (non-hydrogen) atoms. The van der Waals surface area contributed by atoms with Gasteiger partial charge in [-0.2, -0.15) is 0 Å². The highest BCUT2D eigenvalue weighted by Gasteiger charge is 2.25. The fourth-order valence-corrected chi connectivity index (χ4v) is 5.97. The van der Waals surface area contributed by atoms with Gasteiger partial charge in [-0.25, -0.2) is 0 Å². The lowest BCUT2D eigenvalue weighted by Crippen LogP contribution is -2.50. The highest BCUT2D eigenvalue weighted by atomic mass is 33.1. The van der Waals surface area contributed by atoms with Crippen molar-refractivity contribution in [3.05, 3.63) is 71.8 Å². The van der Waals surface area contributed by atoms with E-state index < -0.39 is 35.8 Å². The molecule has 0 aliphatic carbocycles. The molecule has 0 heterocycles. The molecule has 14 heteroatoms. The van der Waals surface area contributed by atoms with E-state index >= 15 is 0 Å². The second kappa shape index (κ2) is 20.8. The van der Waals surface area contributed by atoms with E-state index in [0.29, 0.717) is 0 Å². The van der Waals surface area contributed by atoms with E-state index in [-0.39, 0.29) is 62.5 Å². The van der Waals surface area contributed by atoms with Crippen molar-refractivity contribution in [3.8, 4) is 0 Å². The maximum Gasteiger partial charge on any atom is 0.325 e. The van der Waals surface area contributed by atoms with Crippen molar-refractivity contribution in [1.29, 1.82) is 0 Å². The van der Waals surface area contributed by atoms with Gasteiger partial charge in [0.2, 0.25) is 23.6 Å². The minimum absolute atomic E-state index is 0.0520. The van der Waals surface area contributed by atoms with Gasteiger partial charge in [0.1, 0.15) is 25.2 Å². The quantitative estimate of drug-likeness (QED) is 0.0988. The zero-order valence-electron chi connectivity index (χ0n) is 24.7. The predicted molar refractivity (Wildman–Crippen MR) is 168 cm³/mol. The van der Waals surface area contributed by atoms with Crippen molar-refractivity contribution in [2.24, 2.45) is 0 Å². The molecule has 0 aromatic heterocycles. The molecular formula is C30H38N4O8S2. The van der Waals surface area contributed by atoms with Gasteiger partial charge in [-0.1, -0.05) is 82.3 Å². The Morgan fingerprint density at radius 2 is 0.977 bits per heavy atom. The summed E-state index contributed by atoms with van der Waals surface area (Å²) in [7, 11) is 2.39.